The maximum atomic E-state index is 13.8. The zero-order valence-electron chi connectivity index (χ0n) is 25.3. The molecule has 1 aliphatic rings. The first-order valence-corrected chi connectivity index (χ1v) is 16.8. The number of carbonyl (C=O) groups is 5. The second-order valence-corrected chi connectivity index (χ2v) is 12.7. The number of hydrogen-bond acceptors (Lipinski definition) is 13. The van der Waals surface area contributed by atoms with Gasteiger partial charge < -0.3 is 29.3 Å². The number of nitrogens with one attached hydrogen (secondary N) is 1. The van der Waals surface area contributed by atoms with E-state index in [-0.39, 0.29) is 31.9 Å². The highest BCUT2D eigenvalue weighted by Gasteiger charge is 2.38. The summed E-state index contributed by atoms with van der Waals surface area (Å²) in [6, 6.07) is 7.72. The molecule has 2 heterocycles. The maximum absolute atomic E-state index is 13.8. The molecule has 0 saturated carbocycles. The van der Waals surface area contributed by atoms with Crippen LogP contribution in [0.1, 0.15) is 44.1 Å². The molecule has 1 fully saturated rings. The number of aromatic nitrogens is 1. The third-order valence-electron chi connectivity index (χ3n) is 6.36. The van der Waals surface area contributed by atoms with Crippen LogP contribution in [0.4, 0.5) is 4.79 Å². The number of benzene rings is 1. The van der Waals surface area contributed by atoms with Gasteiger partial charge in [-0.15, -0.1) is 11.3 Å². The molecule has 1 aromatic carbocycles. The fourth-order valence-electron chi connectivity index (χ4n) is 3.98. The van der Waals surface area contributed by atoms with Crippen molar-refractivity contribution in [1.82, 2.24) is 20.1 Å². The molecule has 15 nitrogen and oxygen atoms in total. The Morgan fingerprint density at radius 2 is 1.53 bits per heavy atom. The standard InChI is InChI=1S/C28H37N4O11PS/c1-4-5-15-39-28(37)32-13-11-31(12-14-32)27(36)23(16-44(38,42-18-40-20(2)33)43-19-41-21(3)34)29-25(35)24-17-45-26(30-24)22-9-7-6-8-10-22/h6-10,17,23H,4-5,11-16,18-19H2,1-3H3,(H,29,35)/t23-/m0/s1. The van der Waals surface area contributed by atoms with Crippen LogP contribution in [-0.2, 0) is 42.2 Å². The Balaban J connectivity index is 1.79. The van der Waals surface area contributed by atoms with E-state index < -0.39 is 63.2 Å². The van der Waals surface area contributed by atoms with Crippen molar-refractivity contribution in [1.29, 1.82) is 0 Å². The van der Waals surface area contributed by atoms with Crippen molar-refractivity contribution in [3.05, 3.63) is 41.4 Å². The Morgan fingerprint density at radius 1 is 0.933 bits per heavy atom. The van der Waals surface area contributed by atoms with E-state index in [0.29, 0.717) is 11.6 Å². The molecule has 3 rings (SSSR count). The Hall–Kier alpha value is -3.85. The quantitative estimate of drug-likeness (QED) is 0.0964. The predicted molar refractivity (Wildman–Crippen MR) is 161 cm³/mol. The second-order valence-electron chi connectivity index (χ2n) is 9.77. The Morgan fingerprint density at radius 3 is 2.11 bits per heavy atom. The largest absolute Gasteiger partial charge is 0.449 e. The number of esters is 2. The highest BCUT2D eigenvalue weighted by Crippen LogP contribution is 2.49. The number of piperazine rings is 1. The van der Waals surface area contributed by atoms with Gasteiger partial charge in [-0.05, 0) is 6.42 Å². The van der Waals surface area contributed by atoms with E-state index in [4.69, 9.17) is 23.3 Å². The van der Waals surface area contributed by atoms with E-state index in [1.54, 1.807) is 0 Å². The van der Waals surface area contributed by atoms with Gasteiger partial charge in [0.15, 0.2) is 0 Å². The minimum atomic E-state index is -4.35. The van der Waals surface area contributed by atoms with E-state index >= 15 is 0 Å². The van der Waals surface area contributed by atoms with Crippen LogP contribution in [-0.4, -0.2) is 103 Å². The minimum absolute atomic E-state index is 0.0211. The van der Waals surface area contributed by atoms with Crippen molar-refractivity contribution in [2.24, 2.45) is 0 Å². The van der Waals surface area contributed by atoms with Gasteiger partial charge in [0.25, 0.3) is 5.91 Å². The molecule has 1 aromatic heterocycles. The Labute approximate surface area is 264 Å². The molecule has 1 saturated heterocycles. The van der Waals surface area contributed by atoms with Crippen molar-refractivity contribution in [3.8, 4) is 10.6 Å². The number of hydrogen-bond donors (Lipinski definition) is 1. The minimum Gasteiger partial charge on any atom is -0.449 e. The van der Waals surface area contributed by atoms with Gasteiger partial charge in [0, 0.05) is 51.0 Å². The zero-order valence-corrected chi connectivity index (χ0v) is 27.0. The molecule has 0 unspecified atom stereocenters. The highest BCUT2D eigenvalue weighted by atomic mass is 32.1. The summed E-state index contributed by atoms with van der Waals surface area (Å²) < 4.78 is 38.9. The van der Waals surface area contributed by atoms with Crippen molar-refractivity contribution >= 4 is 48.8 Å². The molecule has 1 N–H and O–H groups in total. The average Bonchev–Trinajstić information content (AvgIpc) is 3.51. The fraction of sp³-hybridized carbons (Fsp3) is 0.500. The first kappa shape index (κ1) is 35.6. The monoisotopic (exact) mass is 668 g/mol. The lowest BCUT2D eigenvalue weighted by atomic mass is 10.2. The average molecular weight is 669 g/mol. The predicted octanol–water partition coefficient (Wildman–Crippen LogP) is 3.26. The molecule has 1 atom stereocenters. The van der Waals surface area contributed by atoms with E-state index in [2.05, 4.69) is 10.3 Å². The highest BCUT2D eigenvalue weighted by molar-refractivity contribution is 7.54. The fourth-order valence-corrected chi connectivity index (χ4v) is 6.19. The summed E-state index contributed by atoms with van der Waals surface area (Å²) in [6.07, 6.45) is 0.419. The first-order chi connectivity index (χ1) is 21.5. The third-order valence-corrected chi connectivity index (χ3v) is 9.06. The number of amides is 3. The lowest BCUT2D eigenvalue weighted by Crippen LogP contribution is -2.57. The van der Waals surface area contributed by atoms with E-state index in [1.807, 2.05) is 37.3 Å². The summed E-state index contributed by atoms with van der Waals surface area (Å²) in [6.45, 7) is 3.48. The van der Waals surface area contributed by atoms with Gasteiger partial charge >= 0.3 is 25.6 Å². The summed E-state index contributed by atoms with van der Waals surface area (Å²) in [5.41, 5.74) is 0.815. The van der Waals surface area contributed by atoms with E-state index in [9.17, 15) is 28.5 Å². The van der Waals surface area contributed by atoms with Crippen molar-refractivity contribution < 1.29 is 51.8 Å². The SMILES string of the molecule is CCCCOC(=O)N1CCN(C(=O)[C@H](CP(=O)(OCOC(C)=O)OCOC(C)=O)NC(=O)c2csc(-c3ccccc3)n2)CC1. The molecule has 0 radical (unpaired) electrons. The smallest absolute Gasteiger partial charge is 0.409 e. The van der Waals surface area contributed by atoms with Gasteiger partial charge in [-0.25, -0.2) is 9.78 Å². The Kier molecular flexibility index (Phi) is 13.9. The molecule has 246 valence electrons. The molecule has 45 heavy (non-hydrogen) atoms. The van der Waals surface area contributed by atoms with Gasteiger partial charge in [-0.2, -0.15) is 0 Å². The van der Waals surface area contributed by atoms with Crippen LogP contribution < -0.4 is 5.32 Å². The third kappa shape index (κ3) is 11.5. The number of nitrogens with zero attached hydrogens (tertiary/aromatic N) is 3. The van der Waals surface area contributed by atoms with Gasteiger partial charge in [0.05, 0.1) is 12.8 Å². The molecule has 1 aliphatic heterocycles. The summed E-state index contributed by atoms with van der Waals surface area (Å²) in [7, 11) is -4.35. The van der Waals surface area contributed by atoms with Crippen molar-refractivity contribution in [2.45, 2.75) is 39.7 Å². The maximum Gasteiger partial charge on any atom is 0.409 e. The number of thiazole rings is 1. The number of rotatable bonds is 15. The van der Waals surface area contributed by atoms with E-state index in [0.717, 1.165) is 32.3 Å². The molecule has 0 spiro atoms. The molecule has 2 aromatic rings. The van der Waals surface area contributed by atoms with Crippen molar-refractivity contribution in [2.75, 3.05) is 52.5 Å². The summed E-state index contributed by atoms with van der Waals surface area (Å²) in [5.74, 6) is -2.82. The molecule has 0 bridgehead atoms. The lowest BCUT2D eigenvalue weighted by molar-refractivity contribution is -0.149. The van der Waals surface area contributed by atoms with E-state index in [1.165, 1.54) is 26.5 Å². The van der Waals surface area contributed by atoms with Crippen LogP contribution in [0.25, 0.3) is 10.6 Å². The Bertz CT molecular complexity index is 1340. The lowest BCUT2D eigenvalue weighted by Gasteiger charge is -2.36. The zero-order chi connectivity index (χ0) is 32.8. The summed E-state index contributed by atoms with van der Waals surface area (Å²) in [4.78, 5) is 69.3. The molecule has 0 aliphatic carbocycles. The van der Waals surface area contributed by atoms with Crippen LogP contribution >= 0.6 is 18.9 Å². The topological polar surface area (TPSA) is 180 Å². The van der Waals surface area contributed by atoms with Crippen LogP contribution in [0, 0.1) is 0 Å². The van der Waals surface area contributed by atoms with Gasteiger partial charge in [0.1, 0.15) is 16.7 Å². The van der Waals surface area contributed by atoms with Gasteiger partial charge in [-0.1, -0.05) is 43.7 Å². The van der Waals surface area contributed by atoms with Crippen molar-refractivity contribution in [3.63, 3.8) is 0 Å². The number of unbranched alkanes of at least 4 members (excludes halogenated alkanes) is 1. The van der Waals surface area contributed by atoms with Crippen LogP contribution in [0.3, 0.4) is 0 Å². The molecule has 3 amide bonds. The normalized spacial score (nSPS) is 13.9. The summed E-state index contributed by atoms with van der Waals surface area (Å²) in [5, 5.41) is 4.68. The molecular formula is C28H37N4O11PS. The molecule has 17 heteroatoms. The first-order valence-electron chi connectivity index (χ1n) is 14.2. The second kappa shape index (κ2) is 17.6. The summed E-state index contributed by atoms with van der Waals surface area (Å²) >= 11 is 1.23. The van der Waals surface area contributed by atoms with Crippen LogP contribution in [0.5, 0.6) is 0 Å². The van der Waals surface area contributed by atoms with Gasteiger partial charge in [0.2, 0.25) is 19.5 Å². The number of carbonyl (C=O) groups excluding carboxylic acids is 5. The number of ether oxygens (including phenoxy) is 3. The van der Waals surface area contributed by atoms with Crippen LogP contribution in [0.2, 0.25) is 0 Å². The van der Waals surface area contributed by atoms with Gasteiger partial charge in [-0.3, -0.25) is 32.8 Å². The molecular weight excluding hydrogens is 631 g/mol. The van der Waals surface area contributed by atoms with Crippen LogP contribution in [0.15, 0.2) is 35.7 Å².